The van der Waals surface area contributed by atoms with E-state index in [1.165, 1.54) is 25.3 Å². The highest BCUT2D eigenvalue weighted by atomic mass is 19.4. The van der Waals surface area contributed by atoms with Crippen LogP contribution in [-0.2, 0) is 11.0 Å². The van der Waals surface area contributed by atoms with Crippen molar-refractivity contribution in [3.63, 3.8) is 0 Å². The molecule has 0 spiro atoms. The van der Waals surface area contributed by atoms with Gasteiger partial charge in [0, 0.05) is 37.0 Å². The van der Waals surface area contributed by atoms with Gasteiger partial charge >= 0.3 is 12.1 Å². The van der Waals surface area contributed by atoms with E-state index in [0.29, 0.717) is 11.6 Å². The van der Waals surface area contributed by atoms with Gasteiger partial charge in [-0.2, -0.15) is 22.0 Å². The summed E-state index contributed by atoms with van der Waals surface area (Å²) in [6.07, 6.45) is -3.36. The van der Waals surface area contributed by atoms with E-state index in [2.05, 4.69) is 9.98 Å². The van der Waals surface area contributed by atoms with Crippen LogP contribution >= 0.6 is 0 Å². The number of aryl methyl sites for hydroxylation is 1. The summed E-state index contributed by atoms with van der Waals surface area (Å²) in [4.78, 5) is 20.8. The molecule has 1 unspecified atom stereocenters. The lowest BCUT2D eigenvalue weighted by Crippen LogP contribution is -2.35. The number of anilines is 1. The number of phenolic OH excluding ortho intramolecular Hbond substituents is 1. The summed E-state index contributed by atoms with van der Waals surface area (Å²) in [6, 6.07) is 4.40. The number of aromatic nitrogens is 1. The largest absolute Gasteiger partial charge is 0.507 e. The van der Waals surface area contributed by atoms with E-state index in [0.717, 1.165) is 11.0 Å². The smallest absolute Gasteiger partial charge is 0.416 e. The van der Waals surface area contributed by atoms with E-state index >= 15 is 0 Å². The maximum Gasteiger partial charge on any atom is 0.416 e. The Hall–Kier alpha value is -3.24. The van der Waals surface area contributed by atoms with Crippen LogP contribution in [0.2, 0.25) is 0 Å². The Kier molecular flexibility index (Phi) is 6.12. The first-order valence-electron chi connectivity index (χ1n) is 9.71. The summed E-state index contributed by atoms with van der Waals surface area (Å²) >= 11 is 0. The first-order chi connectivity index (χ1) is 14.9. The summed E-state index contributed by atoms with van der Waals surface area (Å²) in [6.45, 7) is 2.81. The van der Waals surface area contributed by atoms with Gasteiger partial charge in [0.1, 0.15) is 11.6 Å². The molecule has 0 saturated carbocycles. The molecule has 2 aromatic rings. The molecule has 2 heterocycles. The van der Waals surface area contributed by atoms with Crippen molar-refractivity contribution in [2.24, 2.45) is 10.9 Å². The van der Waals surface area contributed by atoms with Crippen LogP contribution < -0.4 is 5.73 Å². The van der Waals surface area contributed by atoms with E-state index in [1.807, 2.05) is 0 Å². The molecule has 1 aliphatic heterocycles. The van der Waals surface area contributed by atoms with Gasteiger partial charge in [-0.15, -0.1) is 0 Å². The van der Waals surface area contributed by atoms with Crippen molar-refractivity contribution in [2.45, 2.75) is 25.9 Å². The second-order valence-corrected chi connectivity index (χ2v) is 7.51. The van der Waals surface area contributed by atoms with Gasteiger partial charge in [0.25, 0.3) is 5.91 Å². The minimum atomic E-state index is -4.61. The van der Waals surface area contributed by atoms with Gasteiger partial charge in [-0.3, -0.25) is 9.79 Å². The third kappa shape index (κ3) is 4.37. The van der Waals surface area contributed by atoms with E-state index in [9.17, 15) is 31.9 Å². The van der Waals surface area contributed by atoms with Crippen LogP contribution in [0.25, 0.3) is 11.3 Å². The molecule has 11 heteroatoms. The molecule has 1 saturated heterocycles. The SMILES string of the molecule is CCN1CC(CN=Cc2ccc(-c3c(C)cc(C(F)(F)F)cc3O)nc2N)C(F)(F)C1=O. The Morgan fingerprint density at radius 2 is 2.03 bits per heavy atom. The maximum absolute atomic E-state index is 14.1. The normalized spacial score (nSPS) is 18.7. The van der Waals surface area contributed by atoms with Crippen LogP contribution in [-0.4, -0.2) is 52.7 Å². The standard InChI is InChI=1S/C21H21F5N4O2/c1-3-30-10-14(20(22,23)19(30)32)9-28-8-12-4-5-15(29-18(12)27)17-11(2)6-13(7-16(17)31)21(24,25)26/h4-8,14,31H,3,9-10H2,1-2H3,(H2,27,29). The minimum Gasteiger partial charge on any atom is -0.507 e. The van der Waals surface area contributed by atoms with Crippen molar-refractivity contribution in [2.75, 3.05) is 25.4 Å². The second kappa shape index (κ2) is 8.36. The van der Waals surface area contributed by atoms with E-state index in [1.54, 1.807) is 6.92 Å². The molecule has 1 atom stereocenters. The number of hydrogen-bond donors (Lipinski definition) is 2. The second-order valence-electron chi connectivity index (χ2n) is 7.51. The number of nitrogens with zero attached hydrogens (tertiary/aromatic N) is 3. The zero-order chi connectivity index (χ0) is 23.8. The summed E-state index contributed by atoms with van der Waals surface area (Å²) in [7, 11) is 0. The van der Waals surface area contributed by atoms with Gasteiger partial charge < -0.3 is 15.7 Å². The Morgan fingerprint density at radius 3 is 2.56 bits per heavy atom. The average Bonchev–Trinajstić information content (AvgIpc) is 2.91. The fourth-order valence-electron chi connectivity index (χ4n) is 3.57. The van der Waals surface area contributed by atoms with Crippen molar-refractivity contribution >= 4 is 17.9 Å². The van der Waals surface area contributed by atoms with E-state index in [-0.39, 0.29) is 42.3 Å². The Bertz CT molecular complexity index is 1050. The molecule has 3 rings (SSSR count). The summed E-state index contributed by atoms with van der Waals surface area (Å²) in [5, 5.41) is 10.1. The zero-order valence-electron chi connectivity index (χ0n) is 17.2. The third-order valence-electron chi connectivity index (χ3n) is 5.32. The predicted octanol–water partition coefficient (Wildman–Crippen LogP) is 3.90. The molecule has 0 aliphatic carbocycles. The molecule has 0 radical (unpaired) electrons. The van der Waals surface area contributed by atoms with Crippen molar-refractivity contribution in [3.8, 4) is 17.0 Å². The Balaban J connectivity index is 1.80. The topological polar surface area (TPSA) is 91.8 Å². The number of halogens is 5. The molecule has 32 heavy (non-hydrogen) atoms. The highest BCUT2D eigenvalue weighted by molar-refractivity contribution is 5.88. The number of carbonyl (C=O) groups is 1. The lowest BCUT2D eigenvalue weighted by molar-refractivity contribution is -0.150. The number of aromatic hydroxyl groups is 1. The number of likely N-dealkylation sites (tertiary alicyclic amines) is 1. The summed E-state index contributed by atoms with van der Waals surface area (Å²) < 4.78 is 66.9. The van der Waals surface area contributed by atoms with Crippen LogP contribution in [0.15, 0.2) is 29.3 Å². The number of nitrogens with two attached hydrogens (primary N) is 1. The highest BCUT2D eigenvalue weighted by Gasteiger charge is 2.55. The lowest BCUT2D eigenvalue weighted by Gasteiger charge is -2.14. The molecule has 1 aromatic heterocycles. The van der Waals surface area contributed by atoms with Crippen LogP contribution in [0.4, 0.5) is 27.8 Å². The molecule has 1 aliphatic rings. The van der Waals surface area contributed by atoms with E-state index < -0.39 is 35.2 Å². The number of rotatable bonds is 5. The van der Waals surface area contributed by atoms with Gasteiger partial charge in [0.05, 0.1) is 17.2 Å². The first-order valence-corrected chi connectivity index (χ1v) is 9.71. The van der Waals surface area contributed by atoms with Gasteiger partial charge in [0.15, 0.2) is 0 Å². The van der Waals surface area contributed by atoms with Crippen molar-refractivity contribution < 1.29 is 31.9 Å². The molecule has 6 nitrogen and oxygen atoms in total. The van der Waals surface area contributed by atoms with Crippen LogP contribution in [0.5, 0.6) is 5.75 Å². The van der Waals surface area contributed by atoms with Crippen molar-refractivity contribution in [3.05, 3.63) is 41.0 Å². The summed E-state index contributed by atoms with van der Waals surface area (Å²) in [5.41, 5.74) is 5.61. The molecule has 1 aromatic carbocycles. The zero-order valence-corrected chi connectivity index (χ0v) is 17.2. The number of pyridine rings is 1. The Morgan fingerprint density at radius 1 is 1.34 bits per heavy atom. The molecular formula is C21H21F5N4O2. The number of nitrogen functional groups attached to an aromatic ring is 1. The molecule has 0 bridgehead atoms. The quantitative estimate of drug-likeness (QED) is 0.528. The molecule has 1 amide bonds. The Labute approximate surface area is 180 Å². The minimum absolute atomic E-state index is 0.0469. The number of alkyl halides is 5. The number of benzene rings is 1. The van der Waals surface area contributed by atoms with Crippen LogP contribution in [0.1, 0.15) is 23.6 Å². The van der Waals surface area contributed by atoms with Gasteiger partial charge in [-0.05, 0) is 43.7 Å². The average molecular weight is 456 g/mol. The predicted molar refractivity (Wildman–Crippen MR) is 109 cm³/mol. The monoisotopic (exact) mass is 456 g/mol. The fourth-order valence-corrected chi connectivity index (χ4v) is 3.57. The molecule has 3 N–H and O–H groups in total. The van der Waals surface area contributed by atoms with Gasteiger partial charge in [0.2, 0.25) is 0 Å². The van der Waals surface area contributed by atoms with Gasteiger partial charge in [-0.1, -0.05) is 0 Å². The van der Waals surface area contributed by atoms with Crippen LogP contribution in [0, 0.1) is 12.8 Å². The number of aliphatic imine (C=N–C) groups is 1. The van der Waals surface area contributed by atoms with Crippen molar-refractivity contribution in [1.29, 1.82) is 0 Å². The summed E-state index contributed by atoms with van der Waals surface area (Å²) in [5.74, 6) is -6.60. The number of hydrogen-bond acceptors (Lipinski definition) is 5. The number of amides is 1. The van der Waals surface area contributed by atoms with E-state index in [4.69, 9.17) is 5.73 Å². The van der Waals surface area contributed by atoms with Gasteiger partial charge in [-0.25, -0.2) is 4.98 Å². The number of phenols is 1. The molecule has 1 fully saturated rings. The van der Waals surface area contributed by atoms with Crippen LogP contribution in [0.3, 0.4) is 0 Å². The lowest BCUT2D eigenvalue weighted by atomic mass is 10.00. The maximum atomic E-state index is 14.1. The first kappa shape index (κ1) is 23.4. The third-order valence-corrected chi connectivity index (χ3v) is 5.32. The van der Waals surface area contributed by atoms with Crippen molar-refractivity contribution in [1.82, 2.24) is 9.88 Å². The highest BCUT2D eigenvalue weighted by Crippen LogP contribution is 2.39. The number of carbonyl (C=O) groups excluding carboxylic acids is 1. The molecular weight excluding hydrogens is 435 g/mol. The fraction of sp³-hybridized carbons (Fsp3) is 0.381. The molecule has 172 valence electrons.